The number of amides is 2. The first kappa shape index (κ1) is 16.6. The molecule has 1 heterocycles. The lowest BCUT2D eigenvalue weighted by Crippen LogP contribution is -2.43. The Labute approximate surface area is 143 Å². The van der Waals surface area contributed by atoms with Gasteiger partial charge in [0.25, 0.3) is 0 Å². The summed E-state index contributed by atoms with van der Waals surface area (Å²) in [6.07, 6.45) is 6.70. The summed E-state index contributed by atoms with van der Waals surface area (Å²) in [7, 11) is 1.86. The topological polar surface area (TPSA) is 41.6 Å². The molecule has 5 heteroatoms. The van der Waals surface area contributed by atoms with E-state index in [0.29, 0.717) is 11.1 Å². The van der Waals surface area contributed by atoms with Gasteiger partial charge in [-0.05, 0) is 56.2 Å². The third-order valence-electron chi connectivity index (χ3n) is 4.86. The van der Waals surface area contributed by atoms with Crippen LogP contribution in [0.4, 0.5) is 4.79 Å². The van der Waals surface area contributed by atoms with Crippen LogP contribution in [0.2, 0.25) is 5.02 Å². The minimum Gasteiger partial charge on any atom is -0.378 e. The summed E-state index contributed by atoms with van der Waals surface area (Å²) < 4.78 is 5.62. The van der Waals surface area contributed by atoms with E-state index >= 15 is 0 Å². The number of halogens is 1. The maximum atomic E-state index is 12.4. The first-order valence-corrected chi connectivity index (χ1v) is 8.88. The van der Waals surface area contributed by atoms with Gasteiger partial charge in [0.05, 0.1) is 11.6 Å². The Morgan fingerprint density at radius 1 is 1.48 bits per heavy atom. The minimum absolute atomic E-state index is 0.00480. The molecule has 1 unspecified atom stereocenters. The van der Waals surface area contributed by atoms with E-state index in [1.165, 1.54) is 6.42 Å². The van der Waals surface area contributed by atoms with Gasteiger partial charge in [0.2, 0.25) is 0 Å². The number of hydrogen-bond acceptors (Lipinski definition) is 2. The van der Waals surface area contributed by atoms with Crippen molar-refractivity contribution < 1.29 is 9.53 Å². The second-order valence-electron chi connectivity index (χ2n) is 6.72. The van der Waals surface area contributed by atoms with Crippen molar-refractivity contribution in [3.63, 3.8) is 0 Å². The van der Waals surface area contributed by atoms with Crippen molar-refractivity contribution in [2.75, 3.05) is 20.2 Å². The number of carbonyl (C=O) groups is 1. The van der Waals surface area contributed by atoms with Gasteiger partial charge in [-0.3, -0.25) is 0 Å². The van der Waals surface area contributed by atoms with Gasteiger partial charge in [-0.1, -0.05) is 23.7 Å². The van der Waals surface area contributed by atoms with Gasteiger partial charge >= 0.3 is 6.03 Å². The van der Waals surface area contributed by atoms with Crippen molar-refractivity contribution in [2.45, 2.75) is 50.2 Å². The molecule has 4 nitrogen and oxygen atoms in total. The highest BCUT2D eigenvalue weighted by molar-refractivity contribution is 6.30. The molecule has 1 aromatic carbocycles. The van der Waals surface area contributed by atoms with Crippen LogP contribution in [0.5, 0.6) is 0 Å². The lowest BCUT2D eigenvalue weighted by Gasteiger charge is -2.24. The molecule has 0 radical (unpaired) electrons. The second-order valence-corrected chi connectivity index (χ2v) is 7.16. The largest absolute Gasteiger partial charge is 0.378 e. The fourth-order valence-electron chi connectivity index (χ4n) is 3.23. The number of rotatable bonds is 6. The van der Waals surface area contributed by atoms with Gasteiger partial charge in [-0.15, -0.1) is 0 Å². The van der Waals surface area contributed by atoms with Gasteiger partial charge in [0, 0.05) is 25.2 Å². The van der Waals surface area contributed by atoms with E-state index in [2.05, 4.69) is 5.32 Å². The van der Waals surface area contributed by atoms with Crippen LogP contribution in [-0.4, -0.2) is 37.2 Å². The predicted molar refractivity (Wildman–Crippen MR) is 91.7 cm³/mol. The van der Waals surface area contributed by atoms with Crippen molar-refractivity contribution in [3.8, 4) is 0 Å². The molecule has 1 saturated heterocycles. The molecule has 2 aliphatic rings. The minimum atomic E-state index is -0.217. The molecule has 126 valence electrons. The highest BCUT2D eigenvalue weighted by atomic mass is 35.5. The summed E-state index contributed by atoms with van der Waals surface area (Å²) in [6, 6.07) is 7.79. The zero-order chi connectivity index (χ0) is 16.3. The molecule has 23 heavy (non-hydrogen) atoms. The Morgan fingerprint density at radius 3 is 2.96 bits per heavy atom. The number of hydrogen-bond donors (Lipinski definition) is 1. The van der Waals surface area contributed by atoms with Crippen molar-refractivity contribution in [1.29, 1.82) is 0 Å². The quantitative estimate of drug-likeness (QED) is 0.855. The summed E-state index contributed by atoms with van der Waals surface area (Å²) in [4.78, 5) is 14.2. The van der Waals surface area contributed by atoms with E-state index in [4.69, 9.17) is 16.3 Å². The Balaban J connectivity index is 1.48. The average molecular weight is 337 g/mol. The average Bonchev–Trinajstić information content (AvgIpc) is 3.13. The van der Waals surface area contributed by atoms with E-state index in [1.807, 2.05) is 31.3 Å². The molecule has 1 aromatic rings. The highest BCUT2D eigenvalue weighted by Gasteiger charge is 2.46. The SMILES string of the molecule is CN(CCCC1CCCO1)C(=O)NC1(c2cccc(Cl)c2)CC1. The van der Waals surface area contributed by atoms with E-state index in [0.717, 1.165) is 50.8 Å². The summed E-state index contributed by atoms with van der Waals surface area (Å²) in [5.74, 6) is 0. The van der Waals surface area contributed by atoms with Crippen LogP contribution >= 0.6 is 11.6 Å². The van der Waals surface area contributed by atoms with Crippen molar-refractivity contribution in [2.24, 2.45) is 0 Å². The fourth-order valence-corrected chi connectivity index (χ4v) is 3.42. The van der Waals surface area contributed by atoms with Crippen molar-refractivity contribution in [1.82, 2.24) is 10.2 Å². The van der Waals surface area contributed by atoms with E-state index in [9.17, 15) is 4.79 Å². The van der Waals surface area contributed by atoms with E-state index < -0.39 is 0 Å². The van der Waals surface area contributed by atoms with Crippen LogP contribution in [-0.2, 0) is 10.3 Å². The molecule has 1 aliphatic heterocycles. The first-order valence-electron chi connectivity index (χ1n) is 8.50. The van der Waals surface area contributed by atoms with Crippen LogP contribution in [0.3, 0.4) is 0 Å². The number of urea groups is 1. The number of carbonyl (C=O) groups excluding carboxylic acids is 1. The highest BCUT2D eigenvalue weighted by Crippen LogP contribution is 2.46. The zero-order valence-electron chi connectivity index (χ0n) is 13.7. The molecule has 2 amide bonds. The van der Waals surface area contributed by atoms with Crippen molar-refractivity contribution in [3.05, 3.63) is 34.9 Å². The normalized spacial score (nSPS) is 21.9. The van der Waals surface area contributed by atoms with Gasteiger partial charge in [-0.2, -0.15) is 0 Å². The van der Waals surface area contributed by atoms with Gasteiger partial charge in [0.15, 0.2) is 0 Å². The fraction of sp³-hybridized carbons (Fsp3) is 0.611. The number of benzene rings is 1. The van der Waals surface area contributed by atoms with Crippen LogP contribution in [0.15, 0.2) is 24.3 Å². The third kappa shape index (κ3) is 4.18. The number of nitrogens with zero attached hydrogens (tertiary/aromatic N) is 1. The Bertz CT molecular complexity index is 554. The lowest BCUT2D eigenvalue weighted by atomic mass is 10.1. The molecule has 0 spiro atoms. The van der Waals surface area contributed by atoms with Crippen LogP contribution < -0.4 is 5.32 Å². The van der Waals surface area contributed by atoms with E-state index in [-0.39, 0.29) is 11.6 Å². The second kappa shape index (κ2) is 7.10. The monoisotopic (exact) mass is 336 g/mol. The molecule has 1 saturated carbocycles. The molecule has 1 aliphatic carbocycles. The Kier molecular flexibility index (Phi) is 5.12. The summed E-state index contributed by atoms with van der Waals surface area (Å²) in [6.45, 7) is 1.65. The molecule has 1 atom stereocenters. The van der Waals surface area contributed by atoms with E-state index in [1.54, 1.807) is 4.90 Å². The van der Waals surface area contributed by atoms with Crippen LogP contribution in [0.1, 0.15) is 44.1 Å². The van der Waals surface area contributed by atoms with Gasteiger partial charge < -0.3 is 15.0 Å². The Morgan fingerprint density at radius 2 is 2.30 bits per heavy atom. The van der Waals surface area contributed by atoms with Crippen LogP contribution in [0.25, 0.3) is 0 Å². The maximum Gasteiger partial charge on any atom is 0.317 e. The number of ether oxygens (including phenoxy) is 1. The summed E-state index contributed by atoms with van der Waals surface area (Å²) in [5.41, 5.74) is 0.885. The molecule has 1 N–H and O–H groups in total. The third-order valence-corrected chi connectivity index (χ3v) is 5.10. The molecule has 3 rings (SSSR count). The number of nitrogens with one attached hydrogen (secondary N) is 1. The standard InChI is InChI=1S/C18H25ClN2O2/c1-21(11-3-7-16-8-4-12-23-16)17(22)20-18(9-10-18)14-5-2-6-15(19)13-14/h2,5-6,13,16H,3-4,7-12H2,1H3,(H,20,22). The van der Waals surface area contributed by atoms with Gasteiger partial charge in [-0.25, -0.2) is 4.79 Å². The molecule has 0 aromatic heterocycles. The van der Waals surface area contributed by atoms with Crippen molar-refractivity contribution >= 4 is 17.6 Å². The predicted octanol–water partition coefficient (Wildman–Crippen LogP) is 3.93. The summed E-state index contributed by atoms with van der Waals surface area (Å²) in [5, 5.41) is 3.90. The molecular weight excluding hydrogens is 312 g/mol. The smallest absolute Gasteiger partial charge is 0.317 e. The van der Waals surface area contributed by atoms with Crippen LogP contribution in [0, 0.1) is 0 Å². The Hall–Kier alpha value is -1.26. The first-order chi connectivity index (χ1) is 11.1. The molecule has 2 fully saturated rings. The summed E-state index contributed by atoms with van der Waals surface area (Å²) >= 11 is 6.07. The maximum absolute atomic E-state index is 12.4. The molecule has 0 bridgehead atoms. The van der Waals surface area contributed by atoms with Gasteiger partial charge in [0.1, 0.15) is 0 Å². The molecular formula is C18H25ClN2O2. The zero-order valence-corrected chi connectivity index (χ0v) is 14.4. The lowest BCUT2D eigenvalue weighted by molar-refractivity contribution is 0.100.